The summed E-state index contributed by atoms with van der Waals surface area (Å²) < 4.78 is 0. The molecular weight excluding hydrogens is 224 g/mol. The number of nitrogens with one attached hydrogen (secondary N) is 1. The van der Waals surface area contributed by atoms with Crippen LogP contribution in [-0.2, 0) is 4.79 Å². The second-order valence-corrected chi connectivity index (χ2v) is 4.89. The Morgan fingerprint density at radius 2 is 2.28 bits per heavy atom. The molecule has 0 aliphatic heterocycles. The Labute approximate surface area is 108 Å². The fourth-order valence-corrected chi connectivity index (χ4v) is 2.27. The molecule has 94 valence electrons. The number of nitriles is 1. The van der Waals surface area contributed by atoms with E-state index in [0.29, 0.717) is 17.2 Å². The molecule has 1 aromatic rings. The number of carbonyl (C=O) groups excluding carboxylic acids is 1. The number of rotatable bonds is 5. The van der Waals surface area contributed by atoms with Crippen molar-refractivity contribution in [3.63, 3.8) is 0 Å². The van der Waals surface area contributed by atoms with Crippen molar-refractivity contribution in [2.45, 2.75) is 32.6 Å². The largest absolute Gasteiger partial charge is 0.325 e. The van der Waals surface area contributed by atoms with Crippen LogP contribution in [0.1, 0.15) is 38.2 Å². The van der Waals surface area contributed by atoms with Crippen LogP contribution in [0.3, 0.4) is 0 Å². The van der Waals surface area contributed by atoms with Gasteiger partial charge in [0.05, 0.1) is 11.3 Å². The Morgan fingerprint density at radius 3 is 3.00 bits per heavy atom. The summed E-state index contributed by atoms with van der Waals surface area (Å²) in [6, 6.07) is 9.22. The van der Waals surface area contributed by atoms with E-state index >= 15 is 0 Å². The minimum absolute atomic E-state index is 0.0683. The summed E-state index contributed by atoms with van der Waals surface area (Å²) in [5, 5.41) is 11.8. The predicted molar refractivity (Wildman–Crippen MR) is 70.9 cm³/mol. The number of unbranched alkanes of at least 4 members (excludes halogenated alkanes) is 1. The van der Waals surface area contributed by atoms with Gasteiger partial charge in [-0.2, -0.15) is 5.26 Å². The van der Waals surface area contributed by atoms with E-state index in [1.807, 2.05) is 6.07 Å². The van der Waals surface area contributed by atoms with Crippen LogP contribution in [0.2, 0.25) is 0 Å². The molecule has 3 nitrogen and oxygen atoms in total. The van der Waals surface area contributed by atoms with E-state index in [0.717, 1.165) is 12.8 Å². The van der Waals surface area contributed by atoms with Gasteiger partial charge in [-0.15, -0.1) is 0 Å². The van der Waals surface area contributed by atoms with Gasteiger partial charge in [-0.1, -0.05) is 31.9 Å². The lowest BCUT2D eigenvalue weighted by Crippen LogP contribution is -2.15. The van der Waals surface area contributed by atoms with Crippen molar-refractivity contribution in [2.24, 2.45) is 11.8 Å². The molecular formula is C15H18N2O. The van der Waals surface area contributed by atoms with Crippen LogP contribution in [0.4, 0.5) is 5.69 Å². The Hall–Kier alpha value is -1.82. The monoisotopic (exact) mass is 242 g/mol. The van der Waals surface area contributed by atoms with Gasteiger partial charge in [0.2, 0.25) is 5.91 Å². The van der Waals surface area contributed by atoms with Gasteiger partial charge < -0.3 is 5.32 Å². The lowest BCUT2D eigenvalue weighted by molar-refractivity contribution is -0.117. The number of amides is 1. The number of anilines is 1. The van der Waals surface area contributed by atoms with E-state index < -0.39 is 0 Å². The van der Waals surface area contributed by atoms with Crippen molar-refractivity contribution in [1.82, 2.24) is 0 Å². The predicted octanol–water partition coefficient (Wildman–Crippen LogP) is 3.32. The summed E-state index contributed by atoms with van der Waals surface area (Å²) in [6.07, 6.45) is 4.53. The molecule has 0 aromatic heterocycles. The van der Waals surface area contributed by atoms with Crippen molar-refractivity contribution in [2.75, 3.05) is 5.32 Å². The summed E-state index contributed by atoms with van der Waals surface area (Å²) in [4.78, 5) is 12.0. The second-order valence-electron chi connectivity index (χ2n) is 4.89. The quantitative estimate of drug-likeness (QED) is 0.861. The fourth-order valence-electron chi connectivity index (χ4n) is 2.27. The van der Waals surface area contributed by atoms with Crippen LogP contribution in [0, 0.1) is 23.2 Å². The van der Waals surface area contributed by atoms with Crippen molar-refractivity contribution < 1.29 is 4.79 Å². The summed E-state index contributed by atoms with van der Waals surface area (Å²) >= 11 is 0. The third-order valence-electron chi connectivity index (χ3n) is 3.49. The number of carbonyl (C=O) groups is 1. The van der Waals surface area contributed by atoms with Gasteiger partial charge in [0.25, 0.3) is 0 Å². The normalized spacial score (nSPS) is 21.1. The van der Waals surface area contributed by atoms with E-state index in [9.17, 15) is 4.79 Å². The molecule has 0 bridgehead atoms. The molecule has 1 aromatic carbocycles. The smallest absolute Gasteiger partial charge is 0.227 e. The maximum absolute atomic E-state index is 12.0. The highest BCUT2D eigenvalue weighted by molar-refractivity contribution is 5.95. The highest BCUT2D eigenvalue weighted by Gasteiger charge is 2.42. The SMILES string of the molecule is CCCC[C@@H]1C[C@H]1C(=O)Nc1ccccc1C#N. The third kappa shape index (κ3) is 2.89. The van der Waals surface area contributed by atoms with Crippen molar-refractivity contribution in [3.05, 3.63) is 29.8 Å². The molecule has 0 unspecified atom stereocenters. The Kier molecular flexibility index (Phi) is 3.99. The second kappa shape index (κ2) is 5.68. The lowest BCUT2D eigenvalue weighted by Gasteiger charge is -2.06. The molecule has 0 spiro atoms. The van der Waals surface area contributed by atoms with Crippen molar-refractivity contribution in [1.29, 1.82) is 5.26 Å². The number of benzene rings is 1. The Balaban J connectivity index is 1.91. The van der Waals surface area contributed by atoms with Crippen LogP contribution >= 0.6 is 0 Å². The van der Waals surface area contributed by atoms with Crippen molar-refractivity contribution in [3.8, 4) is 6.07 Å². The van der Waals surface area contributed by atoms with Crippen LogP contribution in [0.5, 0.6) is 0 Å². The Morgan fingerprint density at radius 1 is 1.50 bits per heavy atom. The number of para-hydroxylation sites is 1. The van der Waals surface area contributed by atoms with Gasteiger partial charge in [-0.25, -0.2) is 0 Å². The summed E-state index contributed by atoms with van der Waals surface area (Å²) in [5.41, 5.74) is 1.16. The summed E-state index contributed by atoms with van der Waals surface area (Å²) in [7, 11) is 0. The van der Waals surface area contributed by atoms with Gasteiger partial charge in [-0.05, 0) is 30.9 Å². The van der Waals surface area contributed by atoms with Crippen LogP contribution in [0.25, 0.3) is 0 Å². The highest BCUT2D eigenvalue weighted by Crippen LogP contribution is 2.43. The maximum atomic E-state index is 12.0. The molecule has 1 N–H and O–H groups in total. The summed E-state index contributed by atoms with van der Waals surface area (Å²) in [6.45, 7) is 2.17. The maximum Gasteiger partial charge on any atom is 0.227 e. The van der Waals surface area contributed by atoms with Gasteiger partial charge in [0, 0.05) is 5.92 Å². The van der Waals surface area contributed by atoms with Crippen LogP contribution in [-0.4, -0.2) is 5.91 Å². The third-order valence-corrected chi connectivity index (χ3v) is 3.49. The zero-order valence-corrected chi connectivity index (χ0v) is 10.6. The van der Waals surface area contributed by atoms with Crippen LogP contribution < -0.4 is 5.32 Å². The van der Waals surface area contributed by atoms with E-state index in [-0.39, 0.29) is 11.8 Å². The molecule has 0 heterocycles. The zero-order valence-electron chi connectivity index (χ0n) is 10.6. The first-order valence-corrected chi connectivity index (χ1v) is 6.56. The first-order valence-electron chi connectivity index (χ1n) is 6.56. The number of hydrogen-bond acceptors (Lipinski definition) is 2. The zero-order chi connectivity index (χ0) is 13.0. The van der Waals surface area contributed by atoms with E-state index in [4.69, 9.17) is 5.26 Å². The van der Waals surface area contributed by atoms with Gasteiger partial charge >= 0.3 is 0 Å². The average Bonchev–Trinajstić information content (AvgIpc) is 3.16. The first kappa shape index (κ1) is 12.6. The topological polar surface area (TPSA) is 52.9 Å². The van der Waals surface area contributed by atoms with Gasteiger partial charge in [-0.3, -0.25) is 4.79 Å². The molecule has 1 saturated carbocycles. The number of hydrogen-bond donors (Lipinski definition) is 1. The minimum atomic E-state index is 0.0683. The molecule has 18 heavy (non-hydrogen) atoms. The average molecular weight is 242 g/mol. The molecule has 3 heteroatoms. The fraction of sp³-hybridized carbons (Fsp3) is 0.467. The van der Waals surface area contributed by atoms with Crippen LogP contribution in [0.15, 0.2) is 24.3 Å². The number of nitrogens with zero attached hydrogens (tertiary/aromatic N) is 1. The van der Waals surface area contributed by atoms with Gasteiger partial charge in [0.15, 0.2) is 0 Å². The summed E-state index contributed by atoms with van der Waals surface area (Å²) in [5.74, 6) is 0.779. The Bertz CT molecular complexity index is 476. The van der Waals surface area contributed by atoms with E-state index in [1.165, 1.54) is 12.8 Å². The molecule has 1 amide bonds. The molecule has 0 saturated heterocycles. The molecule has 0 radical (unpaired) electrons. The van der Waals surface area contributed by atoms with E-state index in [2.05, 4.69) is 18.3 Å². The molecule has 1 fully saturated rings. The molecule has 2 rings (SSSR count). The first-order chi connectivity index (χ1) is 8.76. The van der Waals surface area contributed by atoms with E-state index in [1.54, 1.807) is 18.2 Å². The standard InChI is InChI=1S/C15H18N2O/c1-2-3-6-11-9-13(11)15(18)17-14-8-5-4-7-12(14)10-16/h4-5,7-8,11,13H,2-3,6,9H2,1H3,(H,17,18)/t11-,13-/m1/s1. The lowest BCUT2D eigenvalue weighted by atomic mass is 10.1. The molecule has 1 aliphatic rings. The minimum Gasteiger partial charge on any atom is -0.325 e. The van der Waals surface area contributed by atoms with Gasteiger partial charge in [0.1, 0.15) is 6.07 Å². The van der Waals surface area contributed by atoms with Crippen molar-refractivity contribution >= 4 is 11.6 Å². The highest BCUT2D eigenvalue weighted by atomic mass is 16.2. The molecule has 1 aliphatic carbocycles. The molecule has 2 atom stereocenters.